The molecule has 1 aromatic carbocycles. The van der Waals surface area contributed by atoms with Crippen LogP contribution >= 0.6 is 11.6 Å². The lowest BCUT2D eigenvalue weighted by Crippen LogP contribution is -2.32. The van der Waals surface area contributed by atoms with Crippen molar-refractivity contribution in [2.75, 3.05) is 0 Å². The van der Waals surface area contributed by atoms with Gasteiger partial charge in [0.15, 0.2) is 0 Å². The standard InChI is InChI=1S/C11H12ClNO3/c1-7(2)16-11(15)13-10(14)8-4-3-5-9(12)6-8/h3-7H,1-2H3,(H,13,14,15). The molecule has 0 unspecified atom stereocenters. The Labute approximate surface area is 98.5 Å². The molecule has 5 heteroatoms. The summed E-state index contributed by atoms with van der Waals surface area (Å²) in [5.74, 6) is -0.534. The molecule has 0 spiro atoms. The van der Waals surface area contributed by atoms with Gasteiger partial charge in [0, 0.05) is 10.6 Å². The lowest BCUT2D eigenvalue weighted by molar-refractivity contribution is 0.0876. The van der Waals surface area contributed by atoms with Crippen molar-refractivity contribution in [3.8, 4) is 0 Å². The molecule has 4 nitrogen and oxygen atoms in total. The van der Waals surface area contributed by atoms with Gasteiger partial charge in [0.05, 0.1) is 6.10 Å². The second kappa shape index (κ2) is 5.51. The molecular weight excluding hydrogens is 230 g/mol. The first-order chi connectivity index (χ1) is 7.49. The van der Waals surface area contributed by atoms with Crippen LogP contribution in [0, 0.1) is 0 Å². The van der Waals surface area contributed by atoms with Gasteiger partial charge < -0.3 is 4.74 Å². The van der Waals surface area contributed by atoms with E-state index in [1.54, 1.807) is 32.0 Å². The van der Waals surface area contributed by atoms with Gasteiger partial charge in [0.1, 0.15) is 0 Å². The molecule has 16 heavy (non-hydrogen) atoms. The van der Waals surface area contributed by atoms with Crippen molar-refractivity contribution in [2.45, 2.75) is 20.0 Å². The highest BCUT2D eigenvalue weighted by atomic mass is 35.5. The van der Waals surface area contributed by atoms with Crippen molar-refractivity contribution in [1.82, 2.24) is 5.32 Å². The number of hydrogen-bond donors (Lipinski definition) is 1. The molecule has 0 aromatic heterocycles. The minimum Gasteiger partial charge on any atom is -0.447 e. The lowest BCUT2D eigenvalue weighted by atomic mass is 10.2. The van der Waals surface area contributed by atoms with E-state index in [0.29, 0.717) is 10.6 Å². The second-order valence-corrected chi connectivity index (χ2v) is 3.85. The normalized spacial score (nSPS) is 10.0. The van der Waals surface area contributed by atoms with Crippen molar-refractivity contribution in [1.29, 1.82) is 0 Å². The van der Waals surface area contributed by atoms with Crippen LogP contribution in [0.4, 0.5) is 4.79 Å². The number of nitrogens with one attached hydrogen (secondary N) is 1. The van der Waals surface area contributed by atoms with Gasteiger partial charge in [0.25, 0.3) is 5.91 Å². The maximum atomic E-state index is 11.5. The summed E-state index contributed by atoms with van der Waals surface area (Å²) in [5, 5.41) is 2.53. The predicted octanol–water partition coefficient (Wildman–Crippen LogP) is 2.61. The van der Waals surface area contributed by atoms with Crippen LogP contribution in [0.5, 0.6) is 0 Å². The summed E-state index contributed by atoms with van der Waals surface area (Å²) in [6.07, 6.45) is -1.04. The van der Waals surface area contributed by atoms with E-state index in [2.05, 4.69) is 5.32 Å². The molecule has 86 valence electrons. The molecule has 0 aliphatic heterocycles. The van der Waals surface area contributed by atoms with Crippen molar-refractivity contribution < 1.29 is 14.3 Å². The molecule has 2 amide bonds. The van der Waals surface area contributed by atoms with Crippen LogP contribution in [0.1, 0.15) is 24.2 Å². The van der Waals surface area contributed by atoms with Crippen molar-refractivity contribution >= 4 is 23.6 Å². The summed E-state index contributed by atoms with van der Waals surface area (Å²) in [4.78, 5) is 22.7. The Balaban J connectivity index is 2.62. The van der Waals surface area contributed by atoms with E-state index in [9.17, 15) is 9.59 Å². The zero-order valence-electron chi connectivity index (χ0n) is 8.99. The number of hydrogen-bond acceptors (Lipinski definition) is 3. The molecule has 1 N–H and O–H groups in total. The summed E-state index contributed by atoms with van der Waals surface area (Å²) in [6, 6.07) is 6.30. The Morgan fingerprint density at radius 3 is 2.62 bits per heavy atom. The first-order valence-electron chi connectivity index (χ1n) is 4.76. The van der Waals surface area contributed by atoms with Gasteiger partial charge in [-0.05, 0) is 32.0 Å². The number of alkyl carbamates (subject to hydrolysis) is 1. The van der Waals surface area contributed by atoms with Crippen LogP contribution in [0.25, 0.3) is 0 Å². The SMILES string of the molecule is CC(C)OC(=O)NC(=O)c1cccc(Cl)c1. The number of imide groups is 1. The van der Waals surface area contributed by atoms with E-state index in [1.165, 1.54) is 6.07 Å². The van der Waals surface area contributed by atoms with E-state index in [4.69, 9.17) is 16.3 Å². The van der Waals surface area contributed by atoms with Crippen LogP contribution < -0.4 is 5.32 Å². The number of halogens is 1. The third-order valence-electron chi connectivity index (χ3n) is 1.65. The van der Waals surface area contributed by atoms with Gasteiger partial charge in [-0.15, -0.1) is 0 Å². The van der Waals surface area contributed by atoms with Crippen LogP contribution in [0.2, 0.25) is 5.02 Å². The van der Waals surface area contributed by atoms with E-state index in [-0.39, 0.29) is 6.10 Å². The fraction of sp³-hybridized carbons (Fsp3) is 0.273. The lowest BCUT2D eigenvalue weighted by Gasteiger charge is -2.08. The molecular formula is C11H12ClNO3. The van der Waals surface area contributed by atoms with Crippen LogP contribution in [0.15, 0.2) is 24.3 Å². The Kier molecular flexibility index (Phi) is 4.31. The molecule has 0 fully saturated rings. The Hall–Kier alpha value is -1.55. The molecule has 0 radical (unpaired) electrons. The highest BCUT2D eigenvalue weighted by Gasteiger charge is 2.12. The quantitative estimate of drug-likeness (QED) is 0.866. The average molecular weight is 242 g/mol. The maximum absolute atomic E-state index is 11.5. The summed E-state index contributed by atoms with van der Waals surface area (Å²) in [6.45, 7) is 3.40. The number of carbonyl (C=O) groups is 2. The molecule has 0 saturated carbocycles. The fourth-order valence-corrected chi connectivity index (χ4v) is 1.23. The summed E-state index contributed by atoms with van der Waals surface area (Å²) in [7, 11) is 0. The third kappa shape index (κ3) is 3.90. The Morgan fingerprint density at radius 1 is 1.38 bits per heavy atom. The second-order valence-electron chi connectivity index (χ2n) is 3.42. The van der Waals surface area contributed by atoms with Gasteiger partial charge in [-0.2, -0.15) is 0 Å². The molecule has 0 aliphatic carbocycles. The topological polar surface area (TPSA) is 55.4 Å². The minimum atomic E-state index is -0.764. The zero-order valence-corrected chi connectivity index (χ0v) is 9.75. The third-order valence-corrected chi connectivity index (χ3v) is 1.88. The number of amides is 2. The first kappa shape index (κ1) is 12.5. The number of benzene rings is 1. The molecule has 1 rings (SSSR count). The van der Waals surface area contributed by atoms with E-state index in [1.807, 2.05) is 0 Å². The molecule has 0 heterocycles. The van der Waals surface area contributed by atoms with E-state index >= 15 is 0 Å². The number of carbonyl (C=O) groups excluding carboxylic acids is 2. The maximum Gasteiger partial charge on any atom is 0.414 e. The zero-order chi connectivity index (χ0) is 12.1. The summed E-state index contributed by atoms with van der Waals surface area (Å²) >= 11 is 5.71. The highest BCUT2D eigenvalue weighted by Crippen LogP contribution is 2.10. The van der Waals surface area contributed by atoms with Crippen molar-refractivity contribution in [3.05, 3.63) is 34.9 Å². The van der Waals surface area contributed by atoms with Gasteiger partial charge in [-0.3, -0.25) is 10.1 Å². The molecule has 1 aromatic rings. The minimum absolute atomic E-state index is 0.271. The van der Waals surface area contributed by atoms with Gasteiger partial charge in [-0.25, -0.2) is 4.79 Å². The molecule has 0 atom stereocenters. The molecule has 0 saturated heterocycles. The van der Waals surface area contributed by atoms with Crippen LogP contribution in [-0.2, 0) is 4.74 Å². The van der Waals surface area contributed by atoms with Crippen LogP contribution in [0.3, 0.4) is 0 Å². The highest BCUT2D eigenvalue weighted by molar-refractivity contribution is 6.31. The summed E-state index contributed by atoms with van der Waals surface area (Å²) in [5.41, 5.74) is 0.313. The monoisotopic (exact) mass is 241 g/mol. The van der Waals surface area contributed by atoms with Gasteiger partial charge in [-0.1, -0.05) is 17.7 Å². The molecule has 0 aliphatic rings. The first-order valence-corrected chi connectivity index (χ1v) is 5.14. The predicted molar refractivity (Wildman–Crippen MR) is 60.5 cm³/mol. The smallest absolute Gasteiger partial charge is 0.414 e. The van der Waals surface area contributed by atoms with Gasteiger partial charge in [0.2, 0.25) is 0 Å². The molecule has 0 bridgehead atoms. The van der Waals surface area contributed by atoms with Crippen LogP contribution in [-0.4, -0.2) is 18.1 Å². The Bertz CT molecular complexity index is 404. The summed E-state index contributed by atoms with van der Waals surface area (Å²) < 4.78 is 4.77. The number of rotatable bonds is 2. The Morgan fingerprint density at radius 2 is 2.06 bits per heavy atom. The fourth-order valence-electron chi connectivity index (χ4n) is 1.04. The average Bonchev–Trinajstić information content (AvgIpc) is 2.16. The van der Waals surface area contributed by atoms with E-state index < -0.39 is 12.0 Å². The van der Waals surface area contributed by atoms with Crippen molar-refractivity contribution in [3.63, 3.8) is 0 Å². The van der Waals surface area contributed by atoms with E-state index in [0.717, 1.165) is 0 Å². The van der Waals surface area contributed by atoms with Crippen molar-refractivity contribution in [2.24, 2.45) is 0 Å². The largest absolute Gasteiger partial charge is 0.447 e. The van der Waals surface area contributed by atoms with Gasteiger partial charge >= 0.3 is 6.09 Å². The number of ether oxygens (including phenoxy) is 1.